The lowest BCUT2D eigenvalue weighted by Crippen LogP contribution is -1.59. The van der Waals surface area contributed by atoms with Crippen LogP contribution in [0, 0.1) is 11.3 Å². The van der Waals surface area contributed by atoms with Crippen LogP contribution in [0.2, 0.25) is 0 Å². The van der Waals surface area contributed by atoms with Gasteiger partial charge in [0.05, 0.1) is 12.4 Å². The van der Waals surface area contributed by atoms with Crippen molar-refractivity contribution in [3.63, 3.8) is 0 Å². The Morgan fingerprint density at radius 3 is 2.57 bits per heavy atom. The Balaban J connectivity index is 3.66. The molecule has 36 valence electrons. The normalized spacial score (nSPS) is 8.57. The third-order valence-corrected chi connectivity index (χ3v) is 0.408. The maximum atomic E-state index is 11.0. The van der Waals surface area contributed by atoms with Gasteiger partial charge in [0.25, 0.3) is 0 Å². The molecule has 0 aliphatic carbocycles. The Bertz CT molecular complexity index is 130. The van der Waals surface area contributed by atoms with Gasteiger partial charge in [-0.1, -0.05) is 6.58 Å². The standard InChI is InChI=1S/C5H4FN/c1-5(4-7)2-3-6/h2-3H,1H2. The van der Waals surface area contributed by atoms with Crippen molar-refractivity contribution in [2.45, 2.75) is 0 Å². The average Bonchev–Trinajstić information content (AvgIpc) is 1.68. The zero-order chi connectivity index (χ0) is 5.70. The maximum absolute atomic E-state index is 11.0. The lowest BCUT2D eigenvalue weighted by Gasteiger charge is -1.70. The predicted molar refractivity (Wildman–Crippen MR) is 25.0 cm³/mol. The lowest BCUT2D eigenvalue weighted by atomic mass is 10.3. The topological polar surface area (TPSA) is 23.8 Å². The summed E-state index contributed by atoms with van der Waals surface area (Å²) in [6.07, 6.45) is 1.28. The molecule has 7 heavy (non-hydrogen) atoms. The van der Waals surface area contributed by atoms with Gasteiger partial charge < -0.3 is 0 Å². The van der Waals surface area contributed by atoms with E-state index in [0.29, 0.717) is 0 Å². The molecule has 0 aromatic carbocycles. The second-order valence-corrected chi connectivity index (χ2v) is 0.930. The van der Waals surface area contributed by atoms with Crippen molar-refractivity contribution in [1.29, 1.82) is 5.26 Å². The highest BCUT2D eigenvalue weighted by molar-refractivity contribution is 5.27. The van der Waals surface area contributed by atoms with E-state index < -0.39 is 0 Å². The summed E-state index contributed by atoms with van der Waals surface area (Å²) in [7, 11) is 0. The molecule has 0 unspecified atom stereocenters. The minimum Gasteiger partial charge on any atom is -0.215 e. The molecule has 2 heteroatoms. The van der Waals surface area contributed by atoms with Crippen molar-refractivity contribution in [1.82, 2.24) is 0 Å². The highest BCUT2D eigenvalue weighted by Gasteiger charge is 1.75. The van der Waals surface area contributed by atoms with Gasteiger partial charge in [-0.3, -0.25) is 0 Å². The Labute approximate surface area is 41.4 Å². The monoisotopic (exact) mass is 97.0 g/mol. The van der Waals surface area contributed by atoms with E-state index in [2.05, 4.69) is 6.58 Å². The van der Waals surface area contributed by atoms with E-state index in [4.69, 9.17) is 5.26 Å². The van der Waals surface area contributed by atoms with Crippen LogP contribution in [0.15, 0.2) is 24.6 Å². The number of nitriles is 1. The van der Waals surface area contributed by atoms with Crippen molar-refractivity contribution in [3.8, 4) is 6.07 Å². The van der Waals surface area contributed by atoms with Crippen molar-refractivity contribution >= 4 is 0 Å². The molecule has 0 aliphatic heterocycles. The number of hydrogen-bond donors (Lipinski definition) is 0. The Morgan fingerprint density at radius 2 is 2.43 bits per heavy atom. The molecule has 0 spiro atoms. The van der Waals surface area contributed by atoms with Crippen LogP contribution >= 0.6 is 0 Å². The summed E-state index contributed by atoms with van der Waals surface area (Å²) in [6.45, 7) is 3.18. The molecule has 0 aromatic heterocycles. The SMILES string of the molecule is C=C(C#N)C=CF. The molecular weight excluding hydrogens is 93.1 g/mol. The van der Waals surface area contributed by atoms with Gasteiger partial charge >= 0.3 is 0 Å². The zero-order valence-electron chi connectivity index (χ0n) is 3.69. The smallest absolute Gasteiger partial charge is 0.0986 e. The third kappa shape index (κ3) is 2.71. The van der Waals surface area contributed by atoms with E-state index in [1.807, 2.05) is 0 Å². The third-order valence-electron chi connectivity index (χ3n) is 0.408. The van der Waals surface area contributed by atoms with Crippen molar-refractivity contribution in [2.75, 3.05) is 0 Å². The summed E-state index contributed by atoms with van der Waals surface area (Å²) in [5, 5.41) is 7.90. The summed E-state index contributed by atoms with van der Waals surface area (Å²) in [5.41, 5.74) is 0.127. The average molecular weight is 97.1 g/mol. The summed E-state index contributed by atoms with van der Waals surface area (Å²) >= 11 is 0. The first-order valence-corrected chi connectivity index (χ1v) is 1.67. The molecule has 0 aromatic rings. The van der Waals surface area contributed by atoms with E-state index in [9.17, 15) is 4.39 Å². The van der Waals surface area contributed by atoms with E-state index >= 15 is 0 Å². The van der Waals surface area contributed by atoms with Gasteiger partial charge in [0.15, 0.2) is 0 Å². The van der Waals surface area contributed by atoms with Gasteiger partial charge in [-0.25, -0.2) is 4.39 Å². The largest absolute Gasteiger partial charge is 0.215 e. The molecule has 0 saturated carbocycles. The second-order valence-electron chi connectivity index (χ2n) is 0.930. The van der Waals surface area contributed by atoms with E-state index in [-0.39, 0.29) is 11.9 Å². The highest BCUT2D eigenvalue weighted by Crippen LogP contribution is 1.87. The molecule has 0 radical (unpaired) electrons. The first-order chi connectivity index (χ1) is 3.31. The first-order valence-electron chi connectivity index (χ1n) is 1.67. The molecule has 0 N–H and O–H groups in total. The van der Waals surface area contributed by atoms with Crippen LogP contribution in [-0.4, -0.2) is 0 Å². The number of allylic oxidation sites excluding steroid dienone is 2. The molecule has 0 rings (SSSR count). The molecule has 0 heterocycles. The molecule has 0 atom stereocenters. The Morgan fingerprint density at radius 1 is 1.86 bits per heavy atom. The number of halogens is 1. The van der Waals surface area contributed by atoms with Gasteiger partial charge in [0.2, 0.25) is 0 Å². The van der Waals surface area contributed by atoms with Gasteiger partial charge in [-0.05, 0) is 6.08 Å². The second kappa shape index (κ2) is 3.10. The zero-order valence-corrected chi connectivity index (χ0v) is 3.69. The fraction of sp³-hybridized carbons (Fsp3) is 0. The van der Waals surface area contributed by atoms with Crippen LogP contribution in [0.25, 0.3) is 0 Å². The summed E-state index contributed by atoms with van der Waals surface area (Å²) in [5.74, 6) is 0. The molecule has 1 nitrogen and oxygen atoms in total. The molecule has 0 amide bonds. The van der Waals surface area contributed by atoms with Gasteiger partial charge in [0, 0.05) is 5.57 Å². The lowest BCUT2D eigenvalue weighted by molar-refractivity contribution is 0.721. The van der Waals surface area contributed by atoms with Crippen LogP contribution in [0.4, 0.5) is 4.39 Å². The van der Waals surface area contributed by atoms with E-state index in [1.54, 1.807) is 6.07 Å². The molecule has 0 bridgehead atoms. The van der Waals surface area contributed by atoms with Crippen molar-refractivity contribution in [2.24, 2.45) is 0 Å². The highest BCUT2D eigenvalue weighted by atomic mass is 19.1. The molecular formula is C5H4FN. The Kier molecular flexibility index (Phi) is 2.62. The number of rotatable bonds is 1. The van der Waals surface area contributed by atoms with Crippen LogP contribution in [0.1, 0.15) is 0 Å². The maximum Gasteiger partial charge on any atom is 0.0986 e. The fourth-order valence-corrected chi connectivity index (χ4v) is 0.113. The van der Waals surface area contributed by atoms with Crippen molar-refractivity contribution < 1.29 is 4.39 Å². The van der Waals surface area contributed by atoms with Gasteiger partial charge in [0.1, 0.15) is 0 Å². The summed E-state index contributed by atoms with van der Waals surface area (Å²) in [6, 6.07) is 1.64. The quantitative estimate of drug-likeness (QED) is 0.359. The Hall–Kier alpha value is -1.10. The molecule has 0 aliphatic rings. The number of nitrogens with zero attached hydrogens (tertiary/aromatic N) is 1. The minimum atomic E-state index is 0.127. The van der Waals surface area contributed by atoms with Crippen molar-refractivity contribution in [3.05, 3.63) is 24.6 Å². The number of hydrogen-bond acceptors (Lipinski definition) is 1. The molecule has 0 fully saturated rings. The fourth-order valence-electron chi connectivity index (χ4n) is 0.113. The first kappa shape index (κ1) is 5.90. The predicted octanol–water partition coefficient (Wildman–Crippen LogP) is 1.55. The molecule has 0 saturated heterocycles. The van der Waals surface area contributed by atoms with E-state index in [1.165, 1.54) is 0 Å². The van der Waals surface area contributed by atoms with E-state index in [0.717, 1.165) is 6.08 Å². The van der Waals surface area contributed by atoms with Crippen LogP contribution in [0.3, 0.4) is 0 Å². The summed E-state index contributed by atoms with van der Waals surface area (Å²) in [4.78, 5) is 0. The van der Waals surface area contributed by atoms with Crippen LogP contribution in [-0.2, 0) is 0 Å². The van der Waals surface area contributed by atoms with Gasteiger partial charge in [-0.15, -0.1) is 0 Å². The summed E-state index contributed by atoms with van der Waals surface area (Å²) < 4.78 is 11.0. The van der Waals surface area contributed by atoms with Crippen LogP contribution in [0.5, 0.6) is 0 Å². The minimum absolute atomic E-state index is 0.127. The van der Waals surface area contributed by atoms with Crippen LogP contribution < -0.4 is 0 Å². The van der Waals surface area contributed by atoms with Gasteiger partial charge in [-0.2, -0.15) is 5.26 Å².